The lowest BCUT2D eigenvalue weighted by molar-refractivity contribution is 0.423. The Morgan fingerprint density at radius 1 is 0.864 bits per heavy atom. The number of aromatic nitrogens is 1. The molecule has 1 aromatic carbocycles. The molecule has 2 nitrogen and oxygen atoms in total. The molecule has 0 unspecified atom stereocenters. The maximum atomic E-state index is 10.8. The lowest BCUT2D eigenvalue weighted by atomic mass is 9.78. The number of benzene rings is 1. The minimum absolute atomic E-state index is 0.121. The van der Waals surface area contributed by atoms with E-state index in [0.717, 1.165) is 22.4 Å². The first kappa shape index (κ1) is 16.5. The summed E-state index contributed by atoms with van der Waals surface area (Å²) in [7, 11) is 0. The Labute approximate surface area is 134 Å². The van der Waals surface area contributed by atoms with Crippen molar-refractivity contribution in [1.29, 1.82) is 0 Å². The van der Waals surface area contributed by atoms with Crippen LogP contribution in [0.1, 0.15) is 58.2 Å². The highest BCUT2D eigenvalue weighted by molar-refractivity contribution is 5.66. The van der Waals surface area contributed by atoms with Gasteiger partial charge >= 0.3 is 0 Å². The topological polar surface area (TPSA) is 33.1 Å². The average Bonchev–Trinajstić information content (AvgIpc) is 2.36. The average molecular weight is 297 g/mol. The third kappa shape index (κ3) is 3.32. The number of aromatic hydroxyl groups is 1. The van der Waals surface area contributed by atoms with Gasteiger partial charge in [0.25, 0.3) is 0 Å². The van der Waals surface area contributed by atoms with E-state index in [4.69, 9.17) is 0 Å². The van der Waals surface area contributed by atoms with Crippen LogP contribution in [-0.2, 0) is 10.8 Å². The fourth-order valence-electron chi connectivity index (χ4n) is 2.62. The highest BCUT2D eigenvalue weighted by Gasteiger charge is 2.26. The molecule has 0 saturated heterocycles. The Hall–Kier alpha value is -1.83. The Morgan fingerprint density at radius 3 is 1.77 bits per heavy atom. The van der Waals surface area contributed by atoms with Gasteiger partial charge in [-0.1, -0.05) is 41.5 Å². The van der Waals surface area contributed by atoms with E-state index in [-0.39, 0.29) is 10.8 Å². The molecule has 0 aliphatic carbocycles. The van der Waals surface area contributed by atoms with Crippen LogP contribution in [-0.4, -0.2) is 10.1 Å². The summed E-state index contributed by atoms with van der Waals surface area (Å²) in [6.45, 7) is 14.8. The molecule has 2 aromatic rings. The molecule has 2 rings (SSSR count). The molecule has 0 radical (unpaired) electrons. The van der Waals surface area contributed by atoms with Gasteiger partial charge in [-0.2, -0.15) is 0 Å². The van der Waals surface area contributed by atoms with E-state index in [1.807, 2.05) is 12.3 Å². The van der Waals surface area contributed by atoms with Crippen LogP contribution in [0.25, 0.3) is 11.3 Å². The first-order valence-electron chi connectivity index (χ1n) is 7.81. The van der Waals surface area contributed by atoms with Gasteiger partial charge < -0.3 is 5.11 Å². The zero-order chi connectivity index (χ0) is 16.7. The lowest BCUT2D eigenvalue weighted by Gasteiger charge is -2.28. The van der Waals surface area contributed by atoms with Gasteiger partial charge in [0.15, 0.2) is 0 Å². The number of hydrogen-bond donors (Lipinski definition) is 1. The van der Waals surface area contributed by atoms with Crippen molar-refractivity contribution in [3.8, 4) is 17.0 Å². The maximum Gasteiger partial charge on any atom is 0.123 e. The first-order chi connectivity index (χ1) is 10.00. The van der Waals surface area contributed by atoms with E-state index in [0.29, 0.717) is 5.75 Å². The van der Waals surface area contributed by atoms with E-state index >= 15 is 0 Å². The molecular formula is C20H27NO. The fourth-order valence-corrected chi connectivity index (χ4v) is 2.62. The van der Waals surface area contributed by atoms with Crippen LogP contribution in [0.3, 0.4) is 0 Å². The summed E-state index contributed by atoms with van der Waals surface area (Å²) in [5.74, 6) is 0.413. The fraction of sp³-hybridized carbons (Fsp3) is 0.450. The summed E-state index contributed by atoms with van der Waals surface area (Å²) in [5, 5.41) is 10.8. The molecule has 0 atom stereocenters. The van der Waals surface area contributed by atoms with E-state index < -0.39 is 0 Å². The van der Waals surface area contributed by atoms with Crippen LogP contribution in [0, 0.1) is 6.92 Å². The molecule has 1 heterocycles. The van der Waals surface area contributed by atoms with Crippen molar-refractivity contribution in [3.05, 3.63) is 47.2 Å². The van der Waals surface area contributed by atoms with Gasteiger partial charge in [0, 0.05) is 22.9 Å². The monoisotopic (exact) mass is 297 g/mol. The zero-order valence-electron chi connectivity index (χ0n) is 14.8. The number of pyridine rings is 1. The minimum atomic E-state index is -0.121. The Balaban J connectivity index is 2.76. The molecule has 0 saturated carbocycles. The molecule has 118 valence electrons. The van der Waals surface area contributed by atoms with Crippen LogP contribution in [0.4, 0.5) is 0 Å². The predicted octanol–water partition coefficient (Wildman–Crippen LogP) is 5.36. The van der Waals surface area contributed by atoms with Crippen molar-refractivity contribution in [2.45, 2.75) is 59.3 Å². The summed E-state index contributed by atoms with van der Waals surface area (Å²) >= 11 is 0. The zero-order valence-corrected chi connectivity index (χ0v) is 14.8. The molecule has 0 bridgehead atoms. The van der Waals surface area contributed by atoms with E-state index in [2.05, 4.69) is 71.6 Å². The Bertz CT molecular complexity index is 653. The maximum absolute atomic E-state index is 10.8. The highest BCUT2D eigenvalue weighted by atomic mass is 16.3. The predicted molar refractivity (Wildman–Crippen MR) is 93.5 cm³/mol. The number of nitrogens with zero attached hydrogens (tertiary/aromatic N) is 1. The SMILES string of the molecule is Cc1ccnc(-c2cc(C(C)(C)C)c(O)c(C(C)(C)C)c2)c1. The van der Waals surface area contributed by atoms with Crippen molar-refractivity contribution in [2.75, 3.05) is 0 Å². The van der Waals surface area contributed by atoms with Crippen molar-refractivity contribution in [2.24, 2.45) is 0 Å². The molecule has 0 aliphatic rings. The van der Waals surface area contributed by atoms with Gasteiger partial charge in [0.2, 0.25) is 0 Å². The number of rotatable bonds is 1. The normalized spacial score (nSPS) is 12.5. The highest BCUT2D eigenvalue weighted by Crippen LogP contribution is 2.41. The molecule has 1 aromatic heterocycles. The smallest absolute Gasteiger partial charge is 0.123 e. The summed E-state index contributed by atoms with van der Waals surface area (Å²) in [6.07, 6.45) is 1.84. The molecule has 2 heteroatoms. The first-order valence-corrected chi connectivity index (χ1v) is 7.81. The molecular weight excluding hydrogens is 270 g/mol. The third-order valence-electron chi connectivity index (χ3n) is 3.94. The van der Waals surface area contributed by atoms with Crippen LogP contribution in [0.2, 0.25) is 0 Å². The summed E-state index contributed by atoms with van der Waals surface area (Å²) in [5.41, 5.74) is 4.91. The van der Waals surface area contributed by atoms with E-state index in [1.54, 1.807) is 0 Å². The second-order valence-corrected chi connectivity index (χ2v) is 8.14. The molecule has 22 heavy (non-hydrogen) atoms. The number of phenolic OH excluding ortho intramolecular Hbond substituents is 1. The quantitative estimate of drug-likeness (QED) is 0.769. The molecule has 0 spiro atoms. The Morgan fingerprint density at radius 2 is 1.36 bits per heavy atom. The molecule has 1 N–H and O–H groups in total. The molecule has 0 aliphatic heterocycles. The second kappa shape index (κ2) is 5.42. The van der Waals surface area contributed by atoms with Gasteiger partial charge in [-0.15, -0.1) is 0 Å². The minimum Gasteiger partial charge on any atom is -0.507 e. The van der Waals surface area contributed by atoms with Gasteiger partial charge in [0.1, 0.15) is 5.75 Å². The van der Waals surface area contributed by atoms with Gasteiger partial charge in [-0.3, -0.25) is 4.98 Å². The van der Waals surface area contributed by atoms with Crippen molar-refractivity contribution < 1.29 is 5.11 Å². The lowest BCUT2D eigenvalue weighted by Crippen LogP contribution is -2.17. The summed E-state index contributed by atoms with van der Waals surface area (Å²) < 4.78 is 0. The van der Waals surface area contributed by atoms with Crippen molar-refractivity contribution in [3.63, 3.8) is 0 Å². The standard InChI is InChI=1S/C20H27NO/c1-13-8-9-21-17(10-13)14-11-15(19(2,3)4)18(22)16(12-14)20(5,6)7/h8-12,22H,1-7H3. The van der Waals surface area contributed by atoms with Crippen LogP contribution in [0.5, 0.6) is 5.75 Å². The van der Waals surface area contributed by atoms with Crippen molar-refractivity contribution in [1.82, 2.24) is 4.98 Å². The number of aryl methyl sites for hydroxylation is 1. The van der Waals surface area contributed by atoms with Crippen molar-refractivity contribution >= 4 is 0 Å². The molecule has 0 fully saturated rings. The van der Waals surface area contributed by atoms with E-state index in [1.165, 1.54) is 5.56 Å². The van der Waals surface area contributed by atoms with Gasteiger partial charge in [-0.05, 0) is 47.6 Å². The van der Waals surface area contributed by atoms with Gasteiger partial charge in [0.05, 0.1) is 5.69 Å². The van der Waals surface area contributed by atoms with Gasteiger partial charge in [-0.25, -0.2) is 0 Å². The van der Waals surface area contributed by atoms with Crippen LogP contribution in [0.15, 0.2) is 30.5 Å². The third-order valence-corrected chi connectivity index (χ3v) is 3.94. The summed E-state index contributed by atoms with van der Waals surface area (Å²) in [4.78, 5) is 4.50. The number of phenols is 1. The largest absolute Gasteiger partial charge is 0.507 e. The van der Waals surface area contributed by atoms with Crippen LogP contribution >= 0.6 is 0 Å². The summed E-state index contributed by atoms with van der Waals surface area (Å²) in [6, 6.07) is 8.24. The number of hydrogen-bond acceptors (Lipinski definition) is 2. The second-order valence-electron chi connectivity index (χ2n) is 8.14. The van der Waals surface area contributed by atoms with Crippen LogP contribution < -0.4 is 0 Å². The Kier molecular flexibility index (Phi) is 4.08. The molecule has 0 amide bonds. The van der Waals surface area contributed by atoms with E-state index in [9.17, 15) is 5.11 Å².